The van der Waals surface area contributed by atoms with E-state index in [1.165, 1.54) is 13.3 Å². The molecule has 0 amide bonds. The van der Waals surface area contributed by atoms with Crippen molar-refractivity contribution in [2.75, 3.05) is 7.11 Å². The van der Waals surface area contributed by atoms with E-state index < -0.39 is 5.97 Å². The molecule has 0 atom stereocenters. The molecular weight excluding hydrogens is 242 g/mol. The zero-order valence-electron chi connectivity index (χ0n) is 10.8. The molecule has 2 aromatic rings. The molecule has 0 saturated carbocycles. The largest absolute Gasteiger partial charge is 0.464 e. The Balaban J connectivity index is 2.30. The summed E-state index contributed by atoms with van der Waals surface area (Å²) in [7, 11) is 1.34. The zero-order chi connectivity index (χ0) is 13.8. The first-order valence-corrected chi connectivity index (χ1v) is 5.75. The van der Waals surface area contributed by atoms with E-state index in [0.717, 1.165) is 11.4 Å². The summed E-state index contributed by atoms with van der Waals surface area (Å²) in [5.41, 5.74) is 2.02. The molecule has 2 rings (SSSR count). The van der Waals surface area contributed by atoms with E-state index in [9.17, 15) is 4.79 Å². The van der Waals surface area contributed by atoms with Crippen LogP contribution >= 0.6 is 0 Å². The lowest BCUT2D eigenvalue weighted by atomic mass is 10.1. The van der Waals surface area contributed by atoms with E-state index in [0.29, 0.717) is 17.8 Å². The number of rotatable bonds is 3. The second-order valence-corrected chi connectivity index (χ2v) is 4.08. The third kappa shape index (κ3) is 2.63. The van der Waals surface area contributed by atoms with E-state index in [4.69, 9.17) is 10.00 Å². The van der Waals surface area contributed by atoms with Crippen molar-refractivity contribution in [3.63, 3.8) is 0 Å². The fraction of sp³-hybridized carbons (Fsp3) is 0.214. The van der Waals surface area contributed by atoms with E-state index >= 15 is 0 Å². The highest BCUT2D eigenvalue weighted by Gasteiger charge is 2.14. The van der Waals surface area contributed by atoms with Gasteiger partial charge in [-0.2, -0.15) is 5.26 Å². The number of esters is 1. The lowest BCUT2D eigenvalue weighted by molar-refractivity contribution is 0.0588. The Morgan fingerprint density at radius 2 is 2.11 bits per heavy atom. The number of hydrogen-bond donors (Lipinski definition) is 0. The molecule has 0 fully saturated rings. The van der Waals surface area contributed by atoms with E-state index in [-0.39, 0.29) is 0 Å². The van der Waals surface area contributed by atoms with Crippen LogP contribution in [0, 0.1) is 18.3 Å². The maximum absolute atomic E-state index is 11.6. The van der Waals surface area contributed by atoms with Crippen molar-refractivity contribution in [1.82, 2.24) is 9.55 Å². The molecule has 0 aliphatic rings. The summed E-state index contributed by atoms with van der Waals surface area (Å²) in [5, 5.41) is 8.75. The van der Waals surface area contributed by atoms with Gasteiger partial charge in [0.2, 0.25) is 0 Å². The van der Waals surface area contributed by atoms with Gasteiger partial charge in [-0.15, -0.1) is 0 Å². The van der Waals surface area contributed by atoms with Crippen molar-refractivity contribution >= 4 is 5.97 Å². The third-order valence-electron chi connectivity index (χ3n) is 2.87. The van der Waals surface area contributed by atoms with Gasteiger partial charge in [-0.05, 0) is 24.6 Å². The minimum Gasteiger partial charge on any atom is -0.464 e. The van der Waals surface area contributed by atoms with Gasteiger partial charge in [0.05, 0.1) is 24.9 Å². The SMILES string of the molecule is COC(=O)c1cnc(C)n1Cc1ccc(C#N)cc1. The third-order valence-corrected chi connectivity index (χ3v) is 2.87. The Bertz CT molecular complexity index is 636. The van der Waals surface area contributed by atoms with Crippen molar-refractivity contribution in [3.05, 3.63) is 53.1 Å². The Morgan fingerprint density at radius 1 is 1.42 bits per heavy atom. The second kappa shape index (κ2) is 5.36. The smallest absolute Gasteiger partial charge is 0.356 e. The maximum Gasteiger partial charge on any atom is 0.356 e. The van der Waals surface area contributed by atoms with Gasteiger partial charge in [0.15, 0.2) is 0 Å². The molecule has 0 radical (unpaired) electrons. The maximum atomic E-state index is 11.6. The van der Waals surface area contributed by atoms with Crippen LogP contribution in [0.2, 0.25) is 0 Å². The van der Waals surface area contributed by atoms with Gasteiger partial charge < -0.3 is 9.30 Å². The predicted molar refractivity (Wildman–Crippen MR) is 68.6 cm³/mol. The van der Waals surface area contributed by atoms with Gasteiger partial charge in [0.1, 0.15) is 11.5 Å². The lowest BCUT2D eigenvalue weighted by Crippen LogP contribution is -2.12. The molecule has 0 aliphatic heterocycles. The normalized spacial score (nSPS) is 9.95. The summed E-state index contributed by atoms with van der Waals surface area (Å²) >= 11 is 0. The molecular formula is C14H13N3O2. The van der Waals surface area contributed by atoms with Gasteiger partial charge in [0, 0.05) is 6.54 Å². The number of carbonyl (C=O) groups is 1. The molecule has 1 aromatic heterocycles. The monoisotopic (exact) mass is 255 g/mol. The number of aryl methyl sites for hydroxylation is 1. The Morgan fingerprint density at radius 3 is 2.68 bits per heavy atom. The van der Waals surface area contributed by atoms with E-state index in [1.807, 2.05) is 19.1 Å². The lowest BCUT2D eigenvalue weighted by Gasteiger charge is -2.09. The van der Waals surface area contributed by atoms with E-state index in [2.05, 4.69) is 11.1 Å². The number of methoxy groups -OCH3 is 1. The summed E-state index contributed by atoms with van der Waals surface area (Å²) in [6.45, 7) is 2.35. The number of imidazole rings is 1. The first kappa shape index (κ1) is 12.8. The minimum absolute atomic E-state index is 0.408. The molecule has 0 saturated heterocycles. The highest BCUT2D eigenvalue weighted by molar-refractivity contribution is 5.87. The summed E-state index contributed by atoms with van der Waals surface area (Å²) in [6, 6.07) is 9.29. The molecule has 0 bridgehead atoms. The Hall–Kier alpha value is -2.61. The molecule has 1 aromatic carbocycles. The molecule has 0 unspecified atom stereocenters. The van der Waals surface area contributed by atoms with Crippen LogP contribution in [-0.4, -0.2) is 22.6 Å². The molecule has 19 heavy (non-hydrogen) atoms. The van der Waals surface area contributed by atoms with Crippen LogP contribution in [0.25, 0.3) is 0 Å². The first-order valence-electron chi connectivity index (χ1n) is 5.75. The molecule has 1 heterocycles. The molecule has 96 valence electrons. The predicted octanol–water partition coefficient (Wildman–Crippen LogP) is 1.90. The zero-order valence-corrected chi connectivity index (χ0v) is 10.8. The van der Waals surface area contributed by atoms with Crippen LogP contribution in [0.5, 0.6) is 0 Å². The fourth-order valence-corrected chi connectivity index (χ4v) is 1.80. The standard InChI is InChI=1S/C14H13N3O2/c1-10-16-8-13(14(18)19-2)17(10)9-12-5-3-11(7-15)4-6-12/h3-6,8H,9H2,1-2H3. The second-order valence-electron chi connectivity index (χ2n) is 4.08. The number of hydrogen-bond acceptors (Lipinski definition) is 4. The Kier molecular flexibility index (Phi) is 3.62. The highest BCUT2D eigenvalue weighted by atomic mass is 16.5. The average Bonchev–Trinajstić information content (AvgIpc) is 2.80. The quantitative estimate of drug-likeness (QED) is 0.785. The molecule has 5 nitrogen and oxygen atoms in total. The number of aromatic nitrogens is 2. The van der Waals surface area contributed by atoms with Gasteiger partial charge >= 0.3 is 5.97 Å². The van der Waals surface area contributed by atoms with Crippen LogP contribution in [0.4, 0.5) is 0 Å². The van der Waals surface area contributed by atoms with E-state index in [1.54, 1.807) is 16.7 Å². The van der Waals surface area contributed by atoms with Crippen molar-refractivity contribution in [1.29, 1.82) is 5.26 Å². The first-order chi connectivity index (χ1) is 9.15. The van der Waals surface area contributed by atoms with Crippen molar-refractivity contribution in [2.24, 2.45) is 0 Å². The topological polar surface area (TPSA) is 67.9 Å². The van der Waals surface area contributed by atoms with Crippen LogP contribution in [0.15, 0.2) is 30.5 Å². The summed E-state index contributed by atoms with van der Waals surface area (Å²) < 4.78 is 6.51. The molecule has 0 aliphatic carbocycles. The number of benzene rings is 1. The van der Waals surface area contributed by atoms with Gasteiger partial charge in [-0.3, -0.25) is 0 Å². The van der Waals surface area contributed by atoms with Crippen LogP contribution in [-0.2, 0) is 11.3 Å². The summed E-state index contributed by atoms with van der Waals surface area (Å²) in [4.78, 5) is 15.7. The highest BCUT2D eigenvalue weighted by Crippen LogP contribution is 2.11. The molecule has 0 N–H and O–H groups in total. The van der Waals surface area contributed by atoms with Gasteiger partial charge in [-0.1, -0.05) is 12.1 Å². The van der Waals surface area contributed by atoms with Gasteiger partial charge in [-0.25, -0.2) is 9.78 Å². The number of nitriles is 1. The van der Waals surface area contributed by atoms with Crippen molar-refractivity contribution < 1.29 is 9.53 Å². The number of ether oxygens (including phenoxy) is 1. The number of carbonyl (C=O) groups excluding carboxylic acids is 1. The van der Waals surface area contributed by atoms with Crippen LogP contribution in [0.1, 0.15) is 27.4 Å². The Labute approximate surface area is 111 Å². The fourth-order valence-electron chi connectivity index (χ4n) is 1.80. The summed E-state index contributed by atoms with van der Waals surface area (Å²) in [6.07, 6.45) is 1.50. The average molecular weight is 255 g/mol. The van der Waals surface area contributed by atoms with Crippen molar-refractivity contribution in [3.8, 4) is 6.07 Å². The number of nitrogens with zero attached hydrogens (tertiary/aromatic N) is 3. The summed E-state index contributed by atoms with van der Waals surface area (Å²) in [5.74, 6) is 0.332. The molecule has 0 spiro atoms. The van der Waals surface area contributed by atoms with Crippen molar-refractivity contribution in [2.45, 2.75) is 13.5 Å². The van der Waals surface area contributed by atoms with Crippen LogP contribution < -0.4 is 0 Å². The van der Waals surface area contributed by atoms with Crippen LogP contribution in [0.3, 0.4) is 0 Å². The molecule has 5 heteroatoms. The van der Waals surface area contributed by atoms with Gasteiger partial charge in [0.25, 0.3) is 0 Å². The minimum atomic E-state index is -0.408.